The van der Waals surface area contributed by atoms with E-state index in [2.05, 4.69) is 9.47 Å². The Hall–Kier alpha value is -5.07. The number of fused-ring (bicyclic) bond motifs is 2. The first-order valence-electron chi connectivity index (χ1n) is 14.9. The lowest BCUT2D eigenvalue weighted by atomic mass is 10.2. The number of oxazole rings is 1. The lowest BCUT2D eigenvalue weighted by Gasteiger charge is -2.17. The number of rotatable bonds is 14. The Balaban J connectivity index is 1.14. The average Bonchev–Trinajstić information content (AvgIpc) is 3.62. The zero-order valence-electron chi connectivity index (χ0n) is 25.3. The van der Waals surface area contributed by atoms with Gasteiger partial charge in [-0.2, -0.15) is 28.1 Å². The molecule has 0 saturated heterocycles. The molecule has 6 rings (SSSR count). The molecular formula is C35H31N4O6S2+. The van der Waals surface area contributed by atoms with E-state index in [0.29, 0.717) is 47.5 Å². The molecule has 12 heteroatoms. The predicted octanol–water partition coefficient (Wildman–Crippen LogP) is 8.16. The summed E-state index contributed by atoms with van der Waals surface area (Å²) in [4.78, 5) is 24.2. The molecule has 0 aliphatic carbocycles. The Kier molecular flexibility index (Phi) is 10.2. The van der Waals surface area contributed by atoms with Crippen molar-refractivity contribution >= 4 is 57.8 Å². The van der Waals surface area contributed by atoms with Crippen LogP contribution in [0.15, 0.2) is 120 Å². The van der Waals surface area contributed by atoms with E-state index < -0.39 is 0 Å². The van der Waals surface area contributed by atoms with Gasteiger partial charge in [0.05, 0.1) is 27.4 Å². The molecule has 0 atom stereocenters. The van der Waals surface area contributed by atoms with Crippen LogP contribution in [0.4, 0.5) is 17.1 Å². The van der Waals surface area contributed by atoms with Gasteiger partial charge in [0.1, 0.15) is 0 Å². The van der Waals surface area contributed by atoms with Crippen LogP contribution in [0, 0.1) is 20.2 Å². The summed E-state index contributed by atoms with van der Waals surface area (Å²) in [7, 11) is 0. The number of para-hydroxylation sites is 6. The minimum Gasteiger partial charge on any atom is -0.439 e. The van der Waals surface area contributed by atoms with Crippen LogP contribution in [0.25, 0.3) is 17.2 Å². The summed E-state index contributed by atoms with van der Waals surface area (Å²) < 4.78 is 14.5. The fraction of sp³-hybridized carbons (Fsp3) is 0.171. The lowest BCUT2D eigenvalue weighted by Crippen LogP contribution is -2.36. The highest BCUT2D eigenvalue weighted by atomic mass is 32.2. The van der Waals surface area contributed by atoms with Crippen LogP contribution < -0.4 is 14.2 Å². The van der Waals surface area contributed by atoms with Crippen LogP contribution in [-0.2, 0) is 18.1 Å². The number of anilines is 1. The molecule has 1 aromatic heterocycles. The van der Waals surface area contributed by atoms with Gasteiger partial charge < -0.3 is 14.1 Å². The second-order valence-corrected chi connectivity index (χ2v) is 12.7. The van der Waals surface area contributed by atoms with E-state index in [0.717, 1.165) is 34.0 Å². The number of nitrogens with zero attached hydrogens (tertiary/aromatic N) is 4. The van der Waals surface area contributed by atoms with Gasteiger partial charge in [0.2, 0.25) is 11.5 Å². The van der Waals surface area contributed by atoms with Crippen LogP contribution in [0.5, 0.6) is 5.75 Å². The van der Waals surface area contributed by atoms with Gasteiger partial charge in [0.15, 0.2) is 12.3 Å². The maximum absolute atomic E-state index is 11.4. The smallest absolute Gasteiger partial charge is 0.374 e. The van der Waals surface area contributed by atoms with Crippen molar-refractivity contribution in [3.8, 4) is 5.75 Å². The van der Waals surface area contributed by atoms with Crippen molar-refractivity contribution in [2.24, 2.45) is 0 Å². The number of ether oxygens (including phenoxy) is 1. The molecular weight excluding hydrogens is 637 g/mol. The maximum atomic E-state index is 11.4. The molecule has 5 aromatic rings. The minimum atomic E-state index is -0.336. The van der Waals surface area contributed by atoms with Crippen molar-refractivity contribution in [1.82, 2.24) is 0 Å². The molecule has 0 unspecified atom stereocenters. The summed E-state index contributed by atoms with van der Waals surface area (Å²) in [6.45, 7) is 1.31. The van der Waals surface area contributed by atoms with Gasteiger partial charge in [0.25, 0.3) is 16.9 Å². The molecule has 47 heavy (non-hydrogen) atoms. The standard InChI is InChI=1S/C35H31N4O6S2/c40-38(41)28-12-3-1-10-26(28)24-46-22-20-36-30-14-5-7-16-32(30)44-34(36)18-9-19-35-37(31-15-6-8-17-33(31)45-35)21-23-47-25-27-11-2-4-13-29(27)39(42)43/h1-19H,20-25H2/q+1. The number of nitro benzene ring substituents is 2. The molecule has 1 aliphatic heterocycles. The van der Waals surface area contributed by atoms with Gasteiger partial charge in [-0.15, -0.1) is 0 Å². The third-order valence-corrected chi connectivity index (χ3v) is 9.53. The second-order valence-electron chi connectivity index (χ2n) is 10.5. The Bertz CT molecular complexity index is 1970. The van der Waals surface area contributed by atoms with Crippen molar-refractivity contribution in [3.63, 3.8) is 0 Å². The Morgan fingerprint density at radius 2 is 1.38 bits per heavy atom. The number of aromatic nitrogens is 1. The fourth-order valence-electron chi connectivity index (χ4n) is 5.33. The average molecular weight is 668 g/mol. The normalized spacial score (nSPS) is 13.4. The van der Waals surface area contributed by atoms with Crippen molar-refractivity contribution in [2.45, 2.75) is 18.1 Å². The molecule has 1 aliphatic rings. The van der Waals surface area contributed by atoms with E-state index in [1.807, 2.05) is 78.9 Å². The summed E-state index contributed by atoms with van der Waals surface area (Å²) in [5.74, 6) is 4.67. The third-order valence-electron chi connectivity index (χ3n) is 7.56. The Morgan fingerprint density at radius 1 is 0.766 bits per heavy atom. The highest BCUT2D eigenvalue weighted by Crippen LogP contribution is 2.39. The van der Waals surface area contributed by atoms with Gasteiger partial charge in [-0.05, 0) is 30.4 Å². The topological polar surface area (TPSA) is 116 Å². The van der Waals surface area contributed by atoms with Crippen molar-refractivity contribution in [3.05, 3.63) is 152 Å². The van der Waals surface area contributed by atoms with Gasteiger partial charge in [-0.1, -0.05) is 60.7 Å². The molecule has 238 valence electrons. The molecule has 0 amide bonds. The van der Waals surface area contributed by atoms with E-state index in [-0.39, 0.29) is 21.2 Å². The van der Waals surface area contributed by atoms with Crippen molar-refractivity contribution < 1.29 is 23.6 Å². The number of allylic oxidation sites excluding steroid dienone is 2. The van der Waals surface area contributed by atoms with Gasteiger partial charge in [-0.25, -0.2) is 0 Å². The third kappa shape index (κ3) is 7.50. The SMILES string of the molecule is O=[N+]([O-])c1ccccc1CSCCN1C(=CC=Cc2oc3ccccc3[n+]2CCSCc2ccccc2[N+](=O)[O-])Oc2ccccc21. The number of aryl methyl sites for hydroxylation is 1. The molecule has 0 radical (unpaired) electrons. The first-order valence-corrected chi connectivity index (χ1v) is 17.2. The molecule has 10 nitrogen and oxygen atoms in total. The molecule has 0 saturated carbocycles. The minimum absolute atomic E-state index is 0.141. The van der Waals surface area contributed by atoms with Crippen LogP contribution >= 0.6 is 23.5 Å². The van der Waals surface area contributed by atoms with E-state index in [4.69, 9.17) is 9.15 Å². The first kappa shape index (κ1) is 31.9. The number of thioether (sulfide) groups is 2. The number of hydrogen-bond acceptors (Lipinski definition) is 9. The number of nitro groups is 2. The Labute approximate surface area is 279 Å². The van der Waals surface area contributed by atoms with E-state index in [9.17, 15) is 20.2 Å². The molecule has 0 spiro atoms. The highest BCUT2D eigenvalue weighted by molar-refractivity contribution is 7.98. The van der Waals surface area contributed by atoms with E-state index in [1.54, 1.807) is 47.8 Å². The molecule has 0 N–H and O–H groups in total. The Morgan fingerprint density at radius 3 is 2.11 bits per heavy atom. The zero-order chi connectivity index (χ0) is 32.6. The monoisotopic (exact) mass is 667 g/mol. The van der Waals surface area contributed by atoms with E-state index >= 15 is 0 Å². The predicted molar refractivity (Wildman–Crippen MR) is 186 cm³/mol. The van der Waals surface area contributed by atoms with Crippen LogP contribution in [0.3, 0.4) is 0 Å². The van der Waals surface area contributed by atoms with Gasteiger partial charge in [0, 0.05) is 53.1 Å². The molecule has 4 aromatic carbocycles. The molecule has 0 bridgehead atoms. The highest BCUT2D eigenvalue weighted by Gasteiger charge is 2.26. The number of hydrogen-bond donors (Lipinski definition) is 0. The fourth-order valence-corrected chi connectivity index (χ4v) is 7.17. The molecule has 2 heterocycles. The van der Waals surface area contributed by atoms with Crippen molar-refractivity contribution in [1.29, 1.82) is 0 Å². The number of benzene rings is 4. The van der Waals surface area contributed by atoms with E-state index in [1.165, 1.54) is 12.1 Å². The van der Waals surface area contributed by atoms with Gasteiger partial charge in [-0.3, -0.25) is 20.2 Å². The lowest BCUT2D eigenvalue weighted by molar-refractivity contribution is -0.673. The first-order chi connectivity index (χ1) is 23.0. The summed E-state index contributed by atoms with van der Waals surface area (Å²) in [6, 6.07) is 29.4. The summed E-state index contributed by atoms with van der Waals surface area (Å²) in [6.07, 6.45) is 5.73. The van der Waals surface area contributed by atoms with Crippen molar-refractivity contribution in [2.75, 3.05) is 23.0 Å². The maximum Gasteiger partial charge on any atom is 0.374 e. The second kappa shape index (κ2) is 15.0. The van der Waals surface area contributed by atoms with Crippen LogP contribution in [0.2, 0.25) is 0 Å². The van der Waals surface area contributed by atoms with Gasteiger partial charge >= 0.3 is 5.89 Å². The zero-order valence-corrected chi connectivity index (χ0v) is 26.9. The summed E-state index contributed by atoms with van der Waals surface area (Å²) >= 11 is 3.27. The summed E-state index contributed by atoms with van der Waals surface area (Å²) in [5.41, 5.74) is 4.40. The molecule has 0 fully saturated rings. The largest absolute Gasteiger partial charge is 0.439 e. The quantitative estimate of drug-likeness (QED) is 0.0501. The van der Waals surface area contributed by atoms with Crippen LogP contribution in [-0.4, -0.2) is 27.9 Å². The summed E-state index contributed by atoms with van der Waals surface area (Å²) in [5, 5.41) is 22.8. The van der Waals surface area contributed by atoms with Crippen LogP contribution in [0.1, 0.15) is 17.0 Å².